The van der Waals surface area contributed by atoms with Crippen molar-refractivity contribution in [1.29, 1.82) is 0 Å². The number of aliphatic imine (C=N–C) groups is 1. The lowest BCUT2D eigenvalue weighted by atomic mass is 9.84. The molecular weight excluding hydrogens is 554 g/mol. The van der Waals surface area contributed by atoms with Crippen molar-refractivity contribution in [3.05, 3.63) is 107 Å². The van der Waals surface area contributed by atoms with Crippen molar-refractivity contribution in [2.24, 2.45) is 4.99 Å². The smallest absolute Gasteiger partial charge is 0.237 e. The SMILES string of the molecule is CCOc1ccc(C=C2CCCC3=C2NC(SCC(=O)N(c2ccccc2)C(C)C)=NC3c2ccc(OCC)cc2)cc1. The number of hydrogen-bond acceptors (Lipinski definition) is 6. The summed E-state index contributed by atoms with van der Waals surface area (Å²) in [6.07, 6.45) is 5.27. The molecule has 0 fully saturated rings. The predicted molar refractivity (Wildman–Crippen MR) is 179 cm³/mol. The molecule has 1 atom stereocenters. The van der Waals surface area contributed by atoms with Crippen LogP contribution in [0.1, 0.15) is 64.1 Å². The molecule has 0 saturated carbocycles. The maximum atomic E-state index is 13.5. The minimum absolute atomic E-state index is 0.0460. The van der Waals surface area contributed by atoms with Crippen molar-refractivity contribution in [2.75, 3.05) is 23.9 Å². The molecule has 0 aromatic heterocycles. The summed E-state index contributed by atoms with van der Waals surface area (Å²) in [7, 11) is 0. The van der Waals surface area contributed by atoms with E-state index in [2.05, 4.69) is 35.7 Å². The van der Waals surface area contributed by atoms with Crippen LogP contribution in [0, 0.1) is 0 Å². The largest absolute Gasteiger partial charge is 0.494 e. The molecule has 0 radical (unpaired) electrons. The number of amidine groups is 1. The van der Waals surface area contributed by atoms with Crippen LogP contribution in [0.2, 0.25) is 0 Å². The van der Waals surface area contributed by atoms with Crippen LogP contribution in [-0.2, 0) is 4.79 Å². The molecule has 224 valence electrons. The van der Waals surface area contributed by atoms with Gasteiger partial charge in [-0.3, -0.25) is 4.79 Å². The Labute approximate surface area is 259 Å². The Morgan fingerprint density at radius 1 is 0.953 bits per heavy atom. The third kappa shape index (κ3) is 7.52. The van der Waals surface area contributed by atoms with Crippen molar-refractivity contribution in [3.63, 3.8) is 0 Å². The van der Waals surface area contributed by atoms with Crippen LogP contribution < -0.4 is 19.7 Å². The molecule has 1 aliphatic carbocycles. The Balaban J connectivity index is 1.44. The average Bonchev–Trinajstić information content (AvgIpc) is 3.02. The van der Waals surface area contributed by atoms with Gasteiger partial charge in [0, 0.05) is 17.4 Å². The quantitative estimate of drug-likeness (QED) is 0.256. The van der Waals surface area contributed by atoms with Crippen LogP contribution in [0.15, 0.2) is 101 Å². The van der Waals surface area contributed by atoms with Gasteiger partial charge in [0.1, 0.15) is 17.5 Å². The van der Waals surface area contributed by atoms with Gasteiger partial charge >= 0.3 is 0 Å². The van der Waals surface area contributed by atoms with Crippen LogP contribution in [-0.4, -0.2) is 36.1 Å². The fraction of sp³-hybridized carbons (Fsp3) is 0.333. The minimum atomic E-state index is -0.121. The summed E-state index contributed by atoms with van der Waals surface area (Å²) in [6.45, 7) is 9.36. The predicted octanol–water partition coefficient (Wildman–Crippen LogP) is 8.18. The van der Waals surface area contributed by atoms with Crippen LogP contribution in [0.3, 0.4) is 0 Å². The maximum absolute atomic E-state index is 13.5. The summed E-state index contributed by atoms with van der Waals surface area (Å²) in [5, 5.41) is 4.42. The van der Waals surface area contributed by atoms with Crippen LogP contribution >= 0.6 is 11.8 Å². The lowest BCUT2D eigenvalue weighted by molar-refractivity contribution is -0.116. The molecule has 3 aromatic rings. The van der Waals surface area contributed by atoms with Gasteiger partial charge < -0.3 is 19.7 Å². The first-order valence-corrected chi connectivity index (χ1v) is 16.2. The molecule has 1 unspecified atom stereocenters. The number of nitrogens with one attached hydrogen (secondary N) is 1. The van der Waals surface area contributed by atoms with Gasteiger partial charge in [0.25, 0.3) is 0 Å². The molecule has 1 N–H and O–H groups in total. The van der Waals surface area contributed by atoms with Gasteiger partial charge in [0.05, 0.1) is 19.0 Å². The van der Waals surface area contributed by atoms with E-state index in [1.54, 1.807) is 0 Å². The highest BCUT2D eigenvalue weighted by molar-refractivity contribution is 8.14. The van der Waals surface area contributed by atoms with Crippen LogP contribution in [0.5, 0.6) is 11.5 Å². The molecule has 0 spiro atoms. The summed E-state index contributed by atoms with van der Waals surface area (Å²) in [5.41, 5.74) is 6.84. The highest BCUT2D eigenvalue weighted by Gasteiger charge is 2.31. The number of allylic oxidation sites excluding steroid dienone is 1. The zero-order valence-corrected chi connectivity index (χ0v) is 26.3. The Bertz CT molecular complexity index is 1480. The van der Waals surface area contributed by atoms with Crippen molar-refractivity contribution in [2.45, 2.75) is 59.0 Å². The summed E-state index contributed by atoms with van der Waals surface area (Å²) in [5.74, 6) is 2.07. The highest BCUT2D eigenvalue weighted by Crippen LogP contribution is 2.42. The van der Waals surface area contributed by atoms with Gasteiger partial charge in [-0.05, 0) is 112 Å². The summed E-state index contributed by atoms with van der Waals surface area (Å²) in [6, 6.07) is 26.3. The number of amides is 1. The third-order valence-electron chi connectivity index (χ3n) is 7.53. The van der Waals surface area contributed by atoms with E-state index in [-0.39, 0.29) is 23.7 Å². The van der Waals surface area contributed by atoms with E-state index in [0.29, 0.717) is 13.2 Å². The molecule has 7 heteroatoms. The number of carbonyl (C=O) groups excluding carboxylic acids is 1. The van der Waals surface area contributed by atoms with Crippen molar-refractivity contribution in [3.8, 4) is 11.5 Å². The molecule has 0 saturated heterocycles. The average molecular weight is 596 g/mol. The first-order valence-electron chi connectivity index (χ1n) is 15.2. The van der Waals surface area contributed by atoms with Gasteiger partial charge in [-0.2, -0.15) is 0 Å². The van der Waals surface area contributed by atoms with Gasteiger partial charge in [-0.1, -0.05) is 54.2 Å². The van der Waals surface area contributed by atoms with Crippen LogP contribution in [0.25, 0.3) is 6.08 Å². The van der Waals surface area contributed by atoms with E-state index in [1.165, 1.54) is 22.9 Å². The number of thioether (sulfide) groups is 1. The van der Waals surface area contributed by atoms with Crippen molar-refractivity contribution in [1.82, 2.24) is 5.32 Å². The van der Waals surface area contributed by atoms with E-state index in [1.807, 2.05) is 87.2 Å². The molecule has 3 aromatic carbocycles. The van der Waals surface area contributed by atoms with E-state index < -0.39 is 0 Å². The minimum Gasteiger partial charge on any atom is -0.494 e. The number of rotatable bonds is 10. The lowest BCUT2D eigenvalue weighted by Crippen LogP contribution is -2.39. The first-order chi connectivity index (χ1) is 21.0. The normalized spacial score (nSPS) is 17.3. The van der Waals surface area contributed by atoms with Gasteiger partial charge in [-0.25, -0.2) is 4.99 Å². The van der Waals surface area contributed by atoms with Crippen molar-refractivity contribution < 1.29 is 14.3 Å². The van der Waals surface area contributed by atoms with E-state index in [0.717, 1.165) is 58.4 Å². The second-order valence-corrected chi connectivity index (χ2v) is 11.8. The topological polar surface area (TPSA) is 63.2 Å². The molecule has 6 nitrogen and oxygen atoms in total. The molecule has 5 rings (SSSR count). The van der Waals surface area contributed by atoms with Gasteiger partial charge in [0.15, 0.2) is 5.17 Å². The van der Waals surface area contributed by atoms with E-state index in [9.17, 15) is 4.79 Å². The Kier molecular flexibility index (Phi) is 10.3. The molecule has 1 heterocycles. The summed E-state index contributed by atoms with van der Waals surface area (Å²) >= 11 is 1.47. The number of benzene rings is 3. The second-order valence-electron chi connectivity index (χ2n) is 10.9. The first kappa shape index (κ1) is 30.5. The number of nitrogens with zero attached hydrogens (tertiary/aromatic N) is 2. The molecule has 2 aliphatic rings. The van der Waals surface area contributed by atoms with E-state index in [4.69, 9.17) is 14.5 Å². The third-order valence-corrected chi connectivity index (χ3v) is 8.41. The van der Waals surface area contributed by atoms with Crippen molar-refractivity contribution >= 4 is 34.6 Å². The fourth-order valence-electron chi connectivity index (χ4n) is 5.65. The number of para-hydroxylation sites is 1. The zero-order valence-electron chi connectivity index (χ0n) is 25.5. The zero-order chi connectivity index (χ0) is 30.2. The summed E-state index contributed by atoms with van der Waals surface area (Å²) in [4.78, 5) is 20.6. The summed E-state index contributed by atoms with van der Waals surface area (Å²) < 4.78 is 11.3. The standard InChI is InChI=1S/C36H41N3O3S/c1-5-41-30-19-15-26(16-20-30)23-28-11-10-14-32-34(27-17-21-31(22-18-27)42-6-2)37-36(38-35(28)32)43-24-33(40)39(25(3)4)29-12-8-7-9-13-29/h7-9,12-13,15-23,25,34H,5-6,10-11,14,24H2,1-4H3,(H,37,38). The Morgan fingerprint density at radius 2 is 1.60 bits per heavy atom. The molecule has 1 amide bonds. The van der Waals surface area contributed by atoms with E-state index >= 15 is 0 Å². The number of hydrogen-bond donors (Lipinski definition) is 1. The van der Waals surface area contributed by atoms with Gasteiger partial charge in [0.2, 0.25) is 5.91 Å². The molecule has 1 aliphatic heterocycles. The molecule has 43 heavy (non-hydrogen) atoms. The lowest BCUT2D eigenvalue weighted by Gasteiger charge is -2.33. The monoisotopic (exact) mass is 595 g/mol. The van der Waals surface area contributed by atoms with Gasteiger partial charge in [-0.15, -0.1) is 0 Å². The number of anilines is 1. The van der Waals surface area contributed by atoms with Crippen LogP contribution in [0.4, 0.5) is 5.69 Å². The highest BCUT2D eigenvalue weighted by atomic mass is 32.2. The molecule has 0 bridgehead atoms. The second kappa shape index (κ2) is 14.5. The maximum Gasteiger partial charge on any atom is 0.237 e. The molecular formula is C36H41N3O3S. The number of ether oxygens (including phenoxy) is 2. The Morgan fingerprint density at radius 3 is 2.23 bits per heavy atom. The fourth-order valence-corrected chi connectivity index (χ4v) is 6.40. The number of carbonyl (C=O) groups is 1. The Hall–Kier alpha value is -3.97.